The molecule has 1 aromatic rings. The molecule has 11 heteroatoms. The molecule has 5 aliphatic carbocycles. The van der Waals surface area contributed by atoms with Crippen LogP contribution in [0, 0.1) is 26.7 Å². The van der Waals surface area contributed by atoms with E-state index in [9.17, 15) is 29.7 Å². The van der Waals surface area contributed by atoms with Crippen LogP contribution in [0.1, 0.15) is 76.7 Å². The summed E-state index contributed by atoms with van der Waals surface area (Å²) in [7, 11) is 1.50. The van der Waals surface area contributed by atoms with Crippen LogP contribution in [0.4, 0.5) is 0 Å². The number of nitrogens with zero attached hydrogens (tertiary/aromatic N) is 1. The molecule has 2 amide bonds. The van der Waals surface area contributed by atoms with Crippen molar-refractivity contribution < 1.29 is 39.2 Å². The highest BCUT2D eigenvalue weighted by molar-refractivity contribution is 14.1. The first kappa shape index (κ1) is 34.1. The Morgan fingerprint density at radius 1 is 1.07 bits per heavy atom. The monoisotopic (exact) mass is 738 g/mol. The molecule has 0 aromatic heterocycles. The number of carbonyl (C=O) groups is 3. The molecule has 0 aliphatic heterocycles. The van der Waals surface area contributed by atoms with E-state index < -0.39 is 18.2 Å². The molecule has 45 heavy (non-hydrogen) atoms. The molecule has 6 rings (SSSR count). The Balaban J connectivity index is 1.48. The van der Waals surface area contributed by atoms with Crippen LogP contribution < -0.4 is 14.8 Å². The Kier molecular flexibility index (Phi) is 11.1. The number of halogens is 1. The minimum Gasteiger partial charge on any atom is -0.493 e. The molecule has 3 atom stereocenters. The Hall–Kier alpha value is -2.22. The highest BCUT2D eigenvalue weighted by Gasteiger charge is 2.53. The topological polar surface area (TPSA) is 146 Å². The van der Waals surface area contributed by atoms with Crippen molar-refractivity contribution >= 4 is 40.2 Å². The molecule has 0 radical (unpaired) electrons. The number of hydrogen-bond donors (Lipinski definition) is 4. The van der Waals surface area contributed by atoms with Crippen molar-refractivity contribution in [1.29, 1.82) is 0 Å². The molecule has 0 unspecified atom stereocenters. The lowest BCUT2D eigenvalue weighted by atomic mass is 9.49. The fourth-order valence-corrected chi connectivity index (χ4v) is 9.56. The lowest BCUT2D eigenvalue weighted by molar-refractivity contribution is -0.147. The van der Waals surface area contributed by atoms with Crippen LogP contribution in [0.5, 0.6) is 11.5 Å². The number of aliphatic hydroxyl groups excluding tert-OH is 3. The number of amides is 2. The Bertz CT molecular complexity index is 1260. The van der Waals surface area contributed by atoms with Crippen molar-refractivity contribution in [3.8, 4) is 11.5 Å². The van der Waals surface area contributed by atoms with Gasteiger partial charge in [0.15, 0.2) is 11.5 Å². The van der Waals surface area contributed by atoms with E-state index in [4.69, 9.17) is 9.47 Å². The van der Waals surface area contributed by atoms with E-state index in [1.165, 1.54) is 33.3 Å². The summed E-state index contributed by atoms with van der Waals surface area (Å²) in [5, 5.41) is 33.8. The fraction of sp³-hybridized carbons (Fsp3) is 0.676. The number of nitrogens with one attached hydrogen (secondary N) is 1. The van der Waals surface area contributed by atoms with Crippen molar-refractivity contribution in [2.24, 2.45) is 23.2 Å². The number of ketones is 1. The van der Waals surface area contributed by atoms with Gasteiger partial charge in [-0.1, -0.05) is 0 Å². The van der Waals surface area contributed by atoms with Gasteiger partial charge in [0.25, 0.3) is 0 Å². The summed E-state index contributed by atoms with van der Waals surface area (Å²) >= 11 is 2.09. The summed E-state index contributed by atoms with van der Waals surface area (Å²) in [6, 6.07) is 2.70. The second-order valence-corrected chi connectivity index (χ2v) is 14.9. The zero-order valence-electron chi connectivity index (χ0n) is 26.3. The first-order valence-corrected chi connectivity index (χ1v) is 17.3. The second-order valence-electron chi connectivity index (χ2n) is 13.8. The first-order chi connectivity index (χ1) is 21.5. The number of carbonyl (C=O) groups excluding carboxylic acids is 3. The summed E-state index contributed by atoms with van der Waals surface area (Å²) in [6.45, 7) is 1.71. The van der Waals surface area contributed by atoms with E-state index in [0.29, 0.717) is 63.3 Å². The number of Topliss-reactive ketones (excluding diaryl/α,β-unsaturated/α-hetero) is 1. The molecule has 4 bridgehead atoms. The van der Waals surface area contributed by atoms with Gasteiger partial charge >= 0.3 is 0 Å². The highest BCUT2D eigenvalue weighted by Crippen LogP contribution is 2.60. The Morgan fingerprint density at radius 3 is 2.31 bits per heavy atom. The molecule has 10 nitrogen and oxygen atoms in total. The van der Waals surface area contributed by atoms with Gasteiger partial charge in [-0.15, -0.1) is 0 Å². The van der Waals surface area contributed by atoms with Crippen LogP contribution >= 0.6 is 22.6 Å². The maximum atomic E-state index is 14.1. The van der Waals surface area contributed by atoms with Gasteiger partial charge in [-0.2, -0.15) is 0 Å². The van der Waals surface area contributed by atoms with Crippen LogP contribution in [0.25, 0.3) is 0 Å². The zero-order chi connectivity index (χ0) is 32.3. The predicted octanol–water partition coefficient (Wildman–Crippen LogP) is 3.51. The van der Waals surface area contributed by atoms with Gasteiger partial charge in [-0.05, 0) is 121 Å². The highest BCUT2D eigenvalue weighted by atomic mass is 127. The third-order valence-electron chi connectivity index (χ3n) is 10.3. The molecule has 4 fully saturated rings. The Morgan fingerprint density at radius 2 is 1.73 bits per heavy atom. The van der Waals surface area contributed by atoms with Crippen LogP contribution in [0.15, 0.2) is 23.8 Å². The van der Waals surface area contributed by atoms with Gasteiger partial charge in [0.2, 0.25) is 11.8 Å². The van der Waals surface area contributed by atoms with Crippen molar-refractivity contribution in [2.45, 2.75) is 96.0 Å². The van der Waals surface area contributed by atoms with E-state index >= 15 is 0 Å². The normalized spacial score (nSPS) is 30.0. The maximum absolute atomic E-state index is 14.1. The van der Waals surface area contributed by atoms with E-state index in [2.05, 4.69) is 27.9 Å². The fourth-order valence-electron chi connectivity index (χ4n) is 8.76. The summed E-state index contributed by atoms with van der Waals surface area (Å²) < 4.78 is 12.6. The number of methoxy groups -OCH3 is 1. The van der Waals surface area contributed by atoms with E-state index in [1.54, 1.807) is 18.2 Å². The van der Waals surface area contributed by atoms with Crippen molar-refractivity contribution in [3.63, 3.8) is 0 Å². The van der Waals surface area contributed by atoms with Crippen molar-refractivity contribution in [1.82, 2.24) is 10.2 Å². The number of rotatable bonds is 14. The molecule has 4 N–H and O–H groups in total. The van der Waals surface area contributed by atoms with Gasteiger partial charge in [0.1, 0.15) is 18.0 Å². The van der Waals surface area contributed by atoms with E-state index in [1.807, 2.05) is 4.90 Å². The number of aliphatic hydroxyl groups is 3. The Labute approximate surface area is 279 Å². The third kappa shape index (κ3) is 7.85. The predicted molar refractivity (Wildman–Crippen MR) is 175 cm³/mol. The SMILES string of the molecule is COc1cc(CO)cc(I)c1O[C@H]1C=C(C(=O)NCCO)C[C@@H](N(CC23CC4CC(CC(C4)C2)C3)C(=O)CCCC(C)=O)[C@@H]1O. The average Bonchev–Trinajstić information content (AvgIpc) is 2.99. The van der Waals surface area contributed by atoms with Crippen LogP contribution in [0.3, 0.4) is 0 Å². The standard InChI is InChI=1S/C34H47IN2O8/c1-20(40)4-3-5-30(41)37(19-34-15-21-8-22(16-34)10-23(9-21)17-34)27-13-25(33(43)36-6-7-38)14-28(31(27)42)45-32-26(35)11-24(18-39)12-29(32)44-2/h11-12,14,21-23,27-28,31,38-39,42H,3-10,13,15-19H2,1-2H3,(H,36,43)/t21?,22?,23?,27-,28+,31+,34?/m1/s1. The quantitative estimate of drug-likeness (QED) is 0.213. The van der Waals surface area contributed by atoms with Crippen molar-refractivity contribution in [3.05, 3.63) is 32.9 Å². The largest absolute Gasteiger partial charge is 0.493 e. The average molecular weight is 739 g/mol. The molecule has 5 aliphatic rings. The summed E-state index contributed by atoms with van der Waals surface area (Å²) in [4.78, 5) is 40.9. The van der Waals surface area contributed by atoms with Crippen LogP contribution in [0.2, 0.25) is 0 Å². The summed E-state index contributed by atoms with van der Waals surface area (Å²) in [5.74, 6) is 2.30. The number of hydrogen-bond acceptors (Lipinski definition) is 8. The lowest BCUT2D eigenvalue weighted by Crippen LogP contribution is -2.59. The molecular weight excluding hydrogens is 691 g/mol. The minimum atomic E-state index is -1.15. The zero-order valence-corrected chi connectivity index (χ0v) is 28.5. The molecule has 0 heterocycles. The van der Waals surface area contributed by atoms with Gasteiger partial charge < -0.3 is 39.8 Å². The number of ether oxygens (including phenoxy) is 2. The van der Waals surface area contributed by atoms with Gasteiger partial charge in [0, 0.05) is 37.9 Å². The molecule has 4 saturated carbocycles. The van der Waals surface area contributed by atoms with E-state index in [0.717, 1.165) is 19.3 Å². The van der Waals surface area contributed by atoms with Crippen LogP contribution in [-0.4, -0.2) is 82.9 Å². The van der Waals surface area contributed by atoms with Crippen LogP contribution in [-0.2, 0) is 21.0 Å². The summed E-state index contributed by atoms with van der Waals surface area (Å²) in [6.07, 6.45) is 7.56. The molecule has 0 saturated heterocycles. The minimum absolute atomic E-state index is 0.0136. The molecule has 248 valence electrons. The summed E-state index contributed by atoms with van der Waals surface area (Å²) in [5.41, 5.74) is 1.00. The van der Waals surface area contributed by atoms with Gasteiger partial charge in [0.05, 0.1) is 29.9 Å². The second kappa shape index (κ2) is 14.7. The molecular formula is C34H47IN2O8. The van der Waals surface area contributed by atoms with Gasteiger partial charge in [-0.25, -0.2) is 0 Å². The van der Waals surface area contributed by atoms with Crippen molar-refractivity contribution in [2.75, 3.05) is 26.8 Å². The first-order valence-electron chi connectivity index (χ1n) is 16.3. The molecule has 0 spiro atoms. The number of benzene rings is 1. The smallest absolute Gasteiger partial charge is 0.247 e. The maximum Gasteiger partial charge on any atom is 0.247 e. The van der Waals surface area contributed by atoms with E-state index in [-0.39, 0.29) is 55.6 Å². The lowest BCUT2D eigenvalue weighted by Gasteiger charge is -2.58. The van der Waals surface area contributed by atoms with Gasteiger partial charge in [-0.3, -0.25) is 9.59 Å². The molecule has 1 aromatic carbocycles. The third-order valence-corrected chi connectivity index (χ3v) is 11.1.